The third-order valence-electron chi connectivity index (χ3n) is 4.46. The average Bonchev–Trinajstić information content (AvgIpc) is 2.92. The molecule has 1 aliphatic rings. The number of anilines is 2. The van der Waals surface area contributed by atoms with Crippen LogP contribution in [0.25, 0.3) is 11.1 Å². The second kappa shape index (κ2) is 7.47. The summed E-state index contributed by atoms with van der Waals surface area (Å²) < 4.78 is 13.0. The van der Waals surface area contributed by atoms with Crippen molar-refractivity contribution < 1.29 is 14.3 Å². The van der Waals surface area contributed by atoms with Crippen LogP contribution in [-0.2, 0) is 18.2 Å². The smallest absolute Gasteiger partial charge is 0.343 e. The Morgan fingerprint density at radius 2 is 2.21 bits per heavy atom. The molecule has 1 N–H and O–H groups in total. The van der Waals surface area contributed by atoms with Gasteiger partial charge in [0.2, 0.25) is 5.28 Å². The number of hydrogen-bond acceptors (Lipinski definition) is 7. The highest BCUT2D eigenvalue weighted by molar-refractivity contribution is 6.28. The third kappa shape index (κ3) is 3.27. The van der Waals surface area contributed by atoms with Crippen molar-refractivity contribution in [2.24, 2.45) is 7.05 Å². The SMILES string of the molecule is CCOC(=O)c1cnc(Cl)nc1Nc1cccc2c1OCCc1c-2cnn1C. The van der Waals surface area contributed by atoms with Crippen molar-refractivity contribution in [3.63, 3.8) is 0 Å². The molecular weight excluding hydrogens is 382 g/mol. The maximum absolute atomic E-state index is 12.2. The van der Waals surface area contributed by atoms with Gasteiger partial charge in [0.05, 0.1) is 25.1 Å². The van der Waals surface area contributed by atoms with Crippen molar-refractivity contribution in [3.05, 3.63) is 47.1 Å². The van der Waals surface area contributed by atoms with E-state index in [9.17, 15) is 4.79 Å². The number of halogens is 1. The van der Waals surface area contributed by atoms with Gasteiger partial charge >= 0.3 is 5.97 Å². The number of nitrogens with zero attached hydrogens (tertiary/aromatic N) is 4. The second-order valence-corrected chi connectivity index (χ2v) is 6.49. The van der Waals surface area contributed by atoms with Crippen molar-refractivity contribution in [3.8, 4) is 16.9 Å². The highest BCUT2D eigenvalue weighted by Crippen LogP contribution is 2.41. The van der Waals surface area contributed by atoms with Gasteiger partial charge in [-0.05, 0) is 24.6 Å². The molecule has 8 nitrogen and oxygen atoms in total. The van der Waals surface area contributed by atoms with Crippen LogP contribution in [0.3, 0.4) is 0 Å². The normalized spacial score (nSPS) is 12.4. The lowest BCUT2D eigenvalue weighted by molar-refractivity contribution is 0.0526. The predicted molar refractivity (Wildman–Crippen MR) is 104 cm³/mol. The minimum Gasteiger partial charge on any atom is -0.490 e. The zero-order chi connectivity index (χ0) is 19.7. The van der Waals surface area contributed by atoms with Crippen LogP contribution in [-0.4, -0.2) is 38.9 Å². The lowest BCUT2D eigenvalue weighted by Crippen LogP contribution is -2.11. The second-order valence-electron chi connectivity index (χ2n) is 6.16. The van der Waals surface area contributed by atoms with Gasteiger partial charge in [-0.2, -0.15) is 10.1 Å². The standard InChI is InChI=1S/C19H18ClN5O3/c1-3-27-18(26)13-9-21-19(20)24-17(13)23-14-6-4-5-11-12-10-22-25(2)15(12)7-8-28-16(11)14/h4-6,9-10H,3,7-8H2,1-2H3,(H,21,23,24). The van der Waals surface area contributed by atoms with Gasteiger partial charge in [0.1, 0.15) is 11.4 Å². The molecule has 0 spiro atoms. The van der Waals surface area contributed by atoms with Gasteiger partial charge in [0.15, 0.2) is 5.75 Å². The van der Waals surface area contributed by atoms with Crippen LogP contribution in [0.2, 0.25) is 5.28 Å². The molecule has 0 radical (unpaired) electrons. The number of carbonyl (C=O) groups is 1. The summed E-state index contributed by atoms with van der Waals surface area (Å²) in [6.07, 6.45) is 3.92. The number of esters is 1. The molecule has 0 amide bonds. The van der Waals surface area contributed by atoms with Gasteiger partial charge in [-0.3, -0.25) is 4.68 Å². The fraction of sp³-hybridized carbons (Fsp3) is 0.263. The molecular formula is C19H18ClN5O3. The van der Waals surface area contributed by atoms with E-state index in [1.54, 1.807) is 6.92 Å². The minimum atomic E-state index is -0.529. The van der Waals surface area contributed by atoms with E-state index < -0.39 is 5.97 Å². The van der Waals surface area contributed by atoms with Gasteiger partial charge < -0.3 is 14.8 Å². The summed E-state index contributed by atoms with van der Waals surface area (Å²) in [7, 11) is 1.92. The van der Waals surface area contributed by atoms with Crippen molar-refractivity contribution in [2.75, 3.05) is 18.5 Å². The molecule has 0 saturated heterocycles. The lowest BCUT2D eigenvalue weighted by Gasteiger charge is -2.15. The van der Waals surface area contributed by atoms with Crippen molar-refractivity contribution in [1.82, 2.24) is 19.7 Å². The Bertz CT molecular complexity index is 1050. The number of carbonyl (C=O) groups excluding carboxylic acids is 1. The Labute approximate surface area is 166 Å². The lowest BCUT2D eigenvalue weighted by atomic mass is 10.0. The molecule has 1 aromatic carbocycles. The Balaban J connectivity index is 1.77. The van der Waals surface area contributed by atoms with Gasteiger partial charge in [-0.25, -0.2) is 9.78 Å². The van der Waals surface area contributed by atoms with E-state index in [1.165, 1.54) is 6.20 Å². The summed E-state index contributed by atoms with van der Waals surface area (Å²) >= 11 is 5.95. The monoisotopic (exact) mass is 399 g/mol. The van der Waals surface area contributed by atoms with Crippen LogP contribution >= 0.6 is 11.6 Å². The molecule has 0 fully saturated rings. The molecule has 4 rings (SSSR count). The Morgan fingerprint density at radius 3 is 3.04 bits per heavy atom. The first kappa shape index (κ1) is 18.2. The number of para-hydroxylation sites is 1. The van der Waals surface area contributed by atoms with Crippen LogP contribution in [0.1, 0.15) is 23.0 Å². The summed E-state index contributed by atoms with van der Waals surface area (Å²) in [6.45, 7) is 2.49. The summed E-state index contributed by atoms with van der Waals surface area (Å²) in [5.41, 5.74) is 3.90. The van der Waals surface area contributed by atoms with Gasteiger partial charge in [0, 0.05) is 36.5 Å². The first-order chi connectivity index (χ1) is 13.6. The highest BCUT2D eigenvalue weighted by atomic mass is 35.5. The molecule has 9 heteroatoms. The fourth-order valence-corrected chi connectivity index (χ4v) is 3.31. The zero-order valence-corrected chi connectivity index (χ0v) is 16.2. The van der Waals surface area contributed by atoms with Crippen molar-refractivity contribution in [1.29, 1.82) is 0 Å². The summed E-state index contributed by atoms with van der Waals surface area (Å²) in [5.74, 6) is 0.393. The third-order valence-corrected chi connectivity index (χ3v) is 4.64. The van der Waals surface area contributed by atoms with Gasteiger partial charge in [-0.1, -0.05) is 12.1 Å². The van der Waals surface area contributed by atoms with Crippen LogP contribution in [0, 0.1) is 0 Å². The first-order valence-electron chi connectivity index (χ1n) is 8.82. The molecule has 2 aromatic heterocycles. The number of rotatable bonds is 4. The Kier molecular flexibility index (Phi) is 4.87. The van der Waals surface area contributed by atoms with E-state index in [4.69, 9.17) is 21.1 Å². The molecule has 3 heterocycles. The fourth-order valence-electron chi connectivity index (χ4n) is 3.18. The number of benzene rings is 1. The van der Waals surface area contributed by atoms with Crippen molar-refractivity contribution >= 4 is 29.1 Å². The number of hydrogen-bond donors (Lipinski definition) is 1. The van der Waals surface area contributed by atoms with Gasteiger partial charge in [-0.15, -0.1) is 0 Å². The largest absolute Gasteiger partial charge is 0.490 e. The minimum absolute atomic E-state index is 0.0213. The summed E-state index contributed by atoms with van der Waals surface area (Å²) in [5, 5.41) is 7.54. The van der Waals surface area contributed by atoms with Crippen LogP contribution in [0.4, 0.5) is 11.5 Å². The van der Waals surface area contributed by atoms with Crippen LogP contribution in [0.15, 0.2) is 30.6 Å². The molecule has 1 aliphatic heterocycles. The molecule has 144 valence electrons. The maximum Gasteiger partial charge on any atom is 0.343 e. The average molecular weight is 400 g/mol. The predicted octanol–water partition coefficient (Wildman–Crippen LogP) is 3.39. The van der Waals surface area contributed by atoms with Gasteiger partial charge in [0.25, 0.3) is 0 Å². The number of ether oxygens (including phenoxy) is 2. The maximum atomic E-state index is 12.2. The Hall–Kier alpha value is -3.13. The topological polar surface area (TPSA) is 91.2 Å². The van der Waals surface area contributed by atoms with Crippen molar-refractivity contribution in [2.45, 2.75) is 13.3 Å². The van der Waals surface area contributed by atoms with E-state index in [1.807, 2.05) is 36.1 Å². The summed E-state index contributed by atoms with van der Waals surface area (Å²) in [4.78, 5) is 20.3. The van der Waals surface area contributed by atoms with E-state index in [-0.39, 0.29) is 23.3 Å². The van der Waals surface area contributed by atoms with Crippen LogP contribution in [0.5, 0.6) is 5.75 Å². The number of fused-ring (bicyclic) bond motifs is 3. The molecule has 28 heavy (non-hydrogen) atoms. The molecule has 0 aliphatic carbocycles. The number of nitrogens with one attached hydrogen (secondary N) is 1. The van der Waals surface area contributed by atoms with E-state index >= 15 is 0 Å². The van der Waals surface area contributed by atoms with E-state index in [0.29, 0.717) is 18.0 Å². The van der Waals surface area contributed by atoms with Crippen LogP contribution < -0.4 is 10.1 Å². The number of aryl methyl sites for hydroxylation is 1. The molecule has 3 aromatic rings. The zero-order valence-electron chi connectivity index (χ0n) is 15.4. The molecule has 0 saturated carbocycles. The molecule has 0 bridgehead atoms. The highest BCUT2D eigenvalue weighted by Gasteiger charge is 2.23. The number of aromatic nitrogens is 4. The molecule has 0 unspecified atom stereocenters. The van der Waals surface area contributed by atoms with E-state index in [0.717, 1.165) is 23.2 Å². The van der Waals surface area contributed by atoms with E-state index in [2.05, 4.69) is 20.4 Å². The quantitative estimate of drug-likeness (QED) is 0.531. The Morgan fingerprint density at radius 1 is 1.36 bits per heavy atom. The first-order valence-corrected chi connectivity index (χ1v) is 9.20. The summed E-state index contributed by atoms with van der Waals surface area (Å²) in [6, 6.07) is 5.73. The molecule has 0 atom stereocenters.